The van der Waals surface area contributed by atoms with Gasteiger partial charge in [-0.2, -0.15) is 0 Å². The van der Waals surface area contributed by atoms with E-state index in [1.54, 1.807) is 6.08 Å². The van der Waals surface area contributed by atoms with Gasteiger partial charge in [0.1, 0.15) is 0 Å². The van der Waals surface area contributed by atoms with Crippen molar-refractivity contribution in [1.29, 1.82) is 0 Å². The molecule has 1 aliphatic heterocycles. The summed E-state index contributed by atoms with van der Waals surface area (Å²) >= 11 is 0. The van der Waals surface area contributed by atoms with Crippen LogP contribution >= 0.6 is 0 Å². The predicted octanol–water partition coefficient (Wildman–Crippen LogP) is 3.41. The van der Waals surface area contributed by atoms with E-state index in [4.69, 9.17) is 0 Å². The average Bonchev–Trinajstić information content (AvgIpc) is 3.22. The zero-order chi connectivity index (χ0) is 18.4. The van der Waals surface area contributed by atoms with Gasteiger partial charge in [-0.1, -0.05) is 49.4 Å². The van der Waals surface area contributed by atoms with Crippen LogP contribution in [0.2, 0.25) is 0 Å². The van der Waals surface area contributed by atoms with Crippen molar-refractivity contribution in [3.8, 4) is 0 Å². The van der Waals surface area contributed by atoms with Crippen LogP contribution in [0.15, 0.2) is 48.6 Å². The highest BCUT2D eigenvalue weighted by molar-refractivity contribution is 5.92. The van der Waals surface area contributed by atoms with Gasteiger partial charge >= 0.3 is 0 Å². The van der Waals surface area contributed by atoms with E-state index in [1.165, 1.54) is 0 Å². The van der Waals surface area contributed by atoms with Crippen molar-refractivity contribution in [1.82, 2.24) is 10.2 Å². The monoisotopic (exact) mass is 352 g/mol. The van der Waals surface area contributed by atoms with Crippen LogP contribution in [0, 0.1) is 11.8 Å². The van der Waals surface area contributed by atoms with Gasteiger partial charge in [0.25, 0.3) is 0 Å². The lowest BCUT2D eigenvalue weighted by atomic mass is 9.89. The second kappa shape index (κ2) is 8.84. The Morgan fingerprint density at radius 1 is 1.19 bits per heavy atom. The second-order valence-electron chi connectivity index (χ2n) is 7.24. The summed E-state index contributed by atoms with van der Waals surface area (Å²) in [6, 6.07) is 9.95. The number of benzene rings is 1. The van der Waals surface area contributed by atoms with Crippen molar-refractivity contribution in [2.24, 2.45) is 11.8 Å². The Morgan fingerprint density at radius 3 is 2.62 bits per heavy atom. The number of hydrogen-bond donors (Lipinski definition) is 1. The van der Waals surface area contributed by atoms with E-state index in [2.05, 4.69) is 24.4 Å². The number of nitrogens with zero attached hydrogens (tertiary/aromatic N) is 1. The normalized spacial score (nSPS) is 23.5. The number of carbonyl (C=O) groups excluding carboxylic acids is 2. The Labute approximate surface area is 156 Å². The summed E-state index contributed by atoms with van der Waals surface area (Å²) in [5.74, 6) is 0.669. The quantitative estimate of drug-likeness (QED) is 0.652. The fourth-order valence-corrected chi connectivity index (χ4v) is 3.88. The number of rotatable bonds is 5. The Bertz CT molecular complexity index is 673. The average molecular weight is 352 g/mol. The Kier molecular flexibility index (Phi) is 6.26. The van der Waals surface area contributed by atoms with Crippen LogP contribution < -0.4 is 5.32 Å². The van der Waals surface area contributed by atoms with Crippen LogP contribution in [-0.4, -0.2) is 35.8 Å². The van der Waals surface area contributed by atoms with Crippen molar-refractivity contribution in [3.05, 3.63) is 54.1 Å². The highest BCUT2D eigenvalue weighted by Crippen LogP contribution is 2.26. The molecule has 0 aromatic heterocycles. The molecule has 0 unspecified atom stereocenters. The molecule has 1 aliphatic carbocycles. The number of likely N-dealkylation sites (tertiary alicyclic amines) is 1. The molecule has 4 nitrogen and oxygen atoms in total. The van der Waals surface area contributed by atoms with Crippen molar-refractivity contribution < 1.29 is 9.59 Å². The molecule has 0 radical (unpaired) electrons. The number of piperidine rings is 1. The fourth-order valence-electron chi connectivity index (χ4n) is 3.88. The summed E-state index contributed by atoms with van der Waals surface area (Å²) in [6.45, 7) is 3.62. The summed E-state index contributed by atoms with van der Waals surface area (Å²) in [4.78, 5) is 26.9. The summed E-state index contributed by atoms with van der Waals surface area (Å²) in [5, 5.41) is 3.14. The third kappa shape index (κ3) is 4.63. The van der Waals surface area contributed by atoms with Gasteiger partial charge in [0.05, 0.1) is 0 Å². The van der Waals surface area contributed by atoms with Crippen LogP contribution in [0.1, 0.15) is 38.2 Å². The first kappa shape index (κ1) is 18.4. The lowest BCUT2D eigenvalue weighted by Crippen LogP contribution is -2.53. The third-order valence-electron chi connectivity index (χ3n) is 5.48. The molecule has 3 rings (SSSR count). The van der Waals surface area contributed by atoms with Crippen molar-refractivity contribution in [3.63, 3.8) is 0 Å². The SMILES string of the molecule is CC[C@@H]1CN(C(=O)C2CC=CC2)CC[C@@H]1NC(=O)/C=C/c1ccccc1. The minimum absolute atomic E-state index is 0.0583. The lowest BCUT2D eigenvalue weighted by molar-refractivity contribution is -0.137. The molecule has 2 atom stereocenters. The maximum atomic E-state index is 12.6. The lowest BCUT2D eigenvalue weighted by Gasteiger charge is -2.39. The van der Waals surface area contributed by atoms with Gasteiger partial charge in [-0.3, -0.25) is 9.59 Å². The maximum absolute atomic E-state index is 12.6. The molecular formula is C22H28N2O2. The fraction of sp³-hybridized carbons (Fsp3) is 0.455. The van der Waals surface area contributed by atoms with E-state index in [0.29, 0.717) is 5.92 Å². The molecule has 1 heterocycles. The summed E-state index contributed by atoms with van der Waals surface area (Å²) in [5.41, 5.74) is 1.01. The van der Waals surface area contributed by atoms with Crippen LogP contribution in [0.25, 0.3) is 6.08 Å². The van der Waals surface area contributed by atoms with Crippen molar-refractivity contribution in [2.45, 2.75) is 38.6 Å². The summed E-state index contributed by atoms with van der Waals surface area (Å²) in [6.07, 6.45) is 11.2. The van der Waals surface area contributed by atoms with Gasteiger partial charge in [-0.15, -0.1) is 0 Å². The van der Waals surface area contributed by atoms with Gasteiger partial charge in [0, 0.05) is 31.1 Å². The first-order valence-corrected chi connectivity index (χ1v) is 9.64. The van der Waals surface area contributed by atoms with Gasteiger partial charge in [-0.05, 0) is 43.2 Å². The van der Waals surface area contributed by atoms with E-state index in [-0.39, 0.29) is 23.8 Å². The molecular weight excluding hydrogens is 324 g/mol. The third-order valence-corrected chi connectivity index (χ3v) is 5.48. The topological polar surface area (TPSA) is 49.4 Å². The number of nitrogens with one attached hydrogen (secondary N) is 1. The molecule has 0 saturated carbocycles. The van der Waals surface area contributed by atoms with E-state index < -0.39 is 0 Å². The van der Waals surface area contributed by atoms with Crippen LogP contribution in [0.5, 0.6) is 0 Å². The van der Waals surface area contributed by atoms with Crippen LogP contribution in [0.4, 0.5) is 0 Å². The van der Waals surface area contributed by atoms with Gasteiger partial charge in [-0.25, -0.2) is 0 Å². The summed E-state index contributed by atoms with van der Waals surface area (Å²) < 4.78 is 0. The predicted molar refractivity (Wildman–Crippen MR) is 104 cm³/mol. The molecule has 0 bridgehead atoms. The van der Waals surface area contributed by atoms with E-state index in [1.807, 2.05) is 41.3 Å². The number of hydrogen-bond acceptors (Lipinski definition) is 2. The first-order valence-electron chi connectivity index (χ1n) is 9.64. The number of amides is 2. The zero-order valence-electron chi connectivity index (χ0n) is 15.4. The molecule has 1 saturated heterocycles. The number of carbonyl (C=O) groups is 2. The van der Waals surface area contributed by atoms with E-state index in [9.17, 15) is 9.59 Å². The molecule has 2 aliphatic rings. The Balaban J connectivity index is 1.53. The largest absolute Gasteiger partial charge is 0.349 e. The molecule has 26 heavy (non-hydrogen) atoms. The zero-order valence-corrected chi connectivity index (χ0v) is 15.4. The Morgan fingerprint density at radius 2 is 1.92 bits per heavy atom. The molecule has 1 fully saturated rings. The van der Waals surface area contributed by atoms with Crippen molar-refractivity contribution >= 4 is 17.9 Å². The molecule has 1 aromatic rings. The maximum Gasteiger partial charge on any atom is 0.244 e. The van der Waals surface area contributed by atoms with Gasteiger partial charge in [0.2, 0.25) is 11.8 Å². The van der Waals surface area contributed by atoms with Crippen LogP contribution in [-0.2, 0) is 9.59 Å². The molecule has 0 spiro atoms. The molecule has 1 aromatic carbocycles. The smallest absolute Gasteiger partial charge is 0.244 e. The standard InChI is InChI=1S/C22H28N2O2/c1-2-18-16-24(22(26)19-10-6-7-11-19)15-14-20(18)23-21(25)13-12-17-8-4-3-5-9-17/h3-9,12-13,18-20H,2,10-11,14-16H2,1H3,(H,23,25)/b13-12+/t18-,20+/m1/s1. The van der Waals surface area contributed by atoms with Crippen LogP contribution in [0.3, 0.4) is 0 Å². The highest BCUT2D eigenvalue weighted by atomic mass is 16.2. The highest BCUT2D eigenvalue weighted by Gasteiger charge is 2.33. The minimum Gasteiger partial charge on any atom is -0.349 e. The molecule has 1 N–H and O–H groups in total. The van der Waals surface area contributed by atoms with Gasteiger partial charge in [0.15, 0.2) is 0 Å². The van der Waals surface area contributed by atoms with E-state index in [0.717, 1.165) is 44.3 Å². The number of allylic oxidation sites excluding steroid dienone is 2. The second-order valence-corrected chi connectivity index (χ2v) is 7.24. The van der Waals surface area contributed by atoms with Gasteiger partial charge < -0.3 is 10.2 Å². The molecule has 4 heteroatoms. The van der Waals surface area contributed by atoms with Crippen molar-refractivity contribution in [2.75, 3.05) is 13.1 Å². The van der Waals surface area contributed by atoms with E-state index >= 15 is 0 Å². The molecule has 2 amide bonds. The summed E-state index contributed by atoms with van der Waals surface area (Å²) in [7, 11) is 0. The first-order chi connectivity index (χ1) is 12.7. The minimum atomic E-state index is -0.0583. The molecule has 138 valence electrons. The Hall–Kier alpha value is -2.36.